The monoisotopic (exact) mass is 400 g/mol. The van der Waals surface area contributed by atoms with Crippen LogP contribution in [0.15, 0.2) is 48.5 Å². The zero-order valence-electron chi connectivity index (χ0n) is 13.9. The van der Waals surface area contributed by atoms with Gasteiger partial charge in [-0.15, -0.1) is 0 Å². The number of aliphatic hydroxyl groups is 1. The molecule has 5 nitrogen and oxygen atoms in total. The van der Waals surface area contributed by atoms with Crippen LogP contribution in [0.25, 0.3) is 0 Å². The second-order valence-corrected chi connectivity index (χ2v) is 6.03. The molecule has 0 aliphatic rings. The summed E-state index contributed by atoms with van der Waals surface area (Å²) in [4.78, 5) is 23.5. The number of carbonyl (C=O) groups is 2. The molecule has 2 amide bonds. The van der Waals surface area contributed by atoms with Crippen molar-refractivity contribution in [2.45, 2.75) is 18.8 Å². The first kappa shape index (κ1) is 20.7. The predicted molar refractivity (Wildman–Crippen MR) is 92.7 cm³/mol. The molecule has 0 aromatic heterocycles. The lowest BCUT2D eigenvalue weighted by Crippen LogP contribution is -2.41. The lowest BCUT2D eigenvalue weighted by Gasteiger charge is -2.14. The number of hydrogen-bond donors (Lipinski definition) is 3. The largest absolute Gasteiger partial charge is 0.416 e. The molecule has 3 N–H and O–H groups in total. The van der Waals surface area contributed by atoms with Gasteiger partial charge < -0.3 is 15.7 Å². The van der Waals surface area contributed by atoms with Crippen LogP contribution in [0.5, 0.6) is 0 Å². The van der Waals surface area contributed by atoms with Gasteiger partial charge in [0.05, 0.1) is 11.7 Å². The minimum atomic E-state index is -4.47. The number of alkyl halides is 3. The summed E-state index contributed by atoms with van der Waals surface area (Å²) < 4.78 is 37.5. The summed E-state index contributed by atoms with van der Waals surface area (Å²) in [6, 6.07) is 10.7. The van der Waals surface area contributed by atoms with E-state index >= 15 is 0 Å². The summed E-state index contributed by atoms with van der Waals surface area (Å²) in [6.45, 7) is -0.281. The second kappa shape index (κ2) is 8.88. The van der Waals surface area contributed by atoms with Crippen molar-refractivity contribution in [2.24, 2.45) is 0 Å². The Morgan fingerprint density at radius 2 is 1.59 bits per heavy atom. The fraction of sp³-hybridized carbons (Fsp3) is 0.222. The number of carbonyl (C=O) groups excluding carboxylic acids is 2. The first-order valence-corrected chi connectivity index (χ1v) is 8.21. The molecule has 0 saturated heterocycles. The fourth-order valence-corrected chi connectivity index (χ4v) is 2.38. The van der Waals surface area contributed by atoms with Crippen LogP contribution in [0.3, 0.4) is 0 Å². The Morgan fingerprint density at radius 3 is 2.19 bits per heavy atom. The van der Waals surface area contributed by atoms with E-state index in [1.165, 1.54) is 0 Å². The Kier molecular flexibility index (Phi) is 6.81. The fourth-order valence-electron chi connectivity index (χ4n) is 2.18. The van der Waals surface area contributed by atoms with Gasteiger partial charge in [-0.3, -0.25) is 9.59 Å². The van der Waals surface area contributed by atoms with Gasteiger partial charge in [-0.1, -0.05) is 41.9 Å². The molecule has 2 aromatic carbocycles. The van der Waals surface area contributed by atoms with Crippen molar-refractivity contribution in [1.82, 2.24) is 10.6 Å². The molecule has 2 aromatic rings. The Labute approximate surface area is 158 Å². The van der Waals surface area contributed by atoms with Gasteiger partial charge in [0.15, 0.2) is 0 Å². The van der Waals surface area contributed by atoms with Crippen LogP contribution in [-0.2, 0) is 22.3 Å². The lowest BCUT2D eigenvalue weighted by molar-refractivity contribution is -0.139. The van der Waals surface area contributed by atoms with Crippen molar-refractivity contribution in [2.75, 3.05) is 6.54 Å². The molecule has 1 atom stereocenters. The van der Waals surface area contributed by atoms with E-state index in [0.29, 0.717) is 10.6 Å². The summed E-state index contributed by atoms with van der Waals surface area (Å²) in [6.07, 6.45) is -5.73. The van der Waals surface area contributed by atoms with Crippen LogP contribution in [0.4, 0.5) is 13.2 Å². The van der Waals surface area contributed by atoms with E-state index in [0.717, 1.165) is 24.3 Å². The van der Waals surface area contributed by atoms with E-state index in [-0.39, 0.29) is 18.7 Å². The number of hydrogen-bond acceptors (Lipinski definition) is 3. The van der Waals surface area contributed by atoms with Crippen molar-refractivity contribution in [1.29, 1.82) is 0 Å². The molecule has 0 fully saturated rings. The molecule has 2 rings (SSSR count). The van der Waals surface area contributed by atoms with Crippen LogP contribution in [0.2, 0.25) is 5.02 Å². The summed E-state index contributed by atoms with van der Waals surface area (Å²) in [5, 5.41) is 15.0. The van der Waals surface area contributed by atoms with Crippen molar-refractivity contribution >= 4 is 23.4 Å². The minimum absolute atomic E-state index is 0.0490. The van der Waals surface area contributed by atoms with Gasteiger partial charge >= 0.3 is 18.0 Å². The molecule has 0 spiro atoms. The molecule has 0 aliphatic heterocycles. The van der Waals surface area contributed by atoms with Crippen LogP contribution in [-0.4, -0.2) is 23.5 Å². The topological polar surface area (TPSA) is 78.4 Å². The first-order chi connectivity index (χ1) is 12.7. The van der Waals surface area contributed by atoms with E-state index in [9.17, 15) is 27.9 Å². The molecule has 0 aliphatic carbocycles. The highest BCUT2D eigenvalue weighted by molar-refractivity contribution is 6.35. The molecule has 9 heteroatoms. The van der Waals surface area contributed by atoms with Gasteiger partial charge in [-0.25, -0.2) is 0 Å². The Balaban J connectivity index is 1.83. The summed E-state index contributed by atoms with van der Waals surface area (Å²) in [7, 11) is 0. The third-order valence-corrected chi connectivity index (χ3v) is 4.05. The van der Waals surface area contributed by atoms with Crippen molar-refractivity contribution in [3.8, 4) is 0 Å². The standard InChI is InChI=1S/C18H16ClF3N2O3/c19-14-4-2-1-3-12(14)9-23-16(26)17(27)24-10-15(25)11-5-7-13(8-6-11)18(20,21)22/h1-8,15,25H,9-10H2,(H,23,26)(H,24,27)/t15-/m1/s1. The van der Waals surface area contributed by atoms with Gasteiger partial charge in [-0.2, -0.15) is 13.2 Å². The Morgan fingerprint density at radius 1 is 1.00 bits per heavy atom. The Hall–Kier alpha value is -2.58. The van der Waals surface area contributed by atoms with Crippen LogP contribution >= 0.6 is 11.6 Å². The maximum Gasteiger partial charge on any atom is 0.416 e. The number of halogens is 4. The molecular formula is C18H16ClF3N2O3. The van der Waals surface area contributed by atoms with Crippen LogP contribution < -0.4 is 10.6 Å². The zero-order chi connectivity index (χ0) is 20.0. The summed E-state index contributed by atoms with van der Waals surface area (Å²) in [5.74, 6) is -1.90. The molecular weight excluding hydrogens is 385 g/mol. The third kappa shape index (κ3) is 5.97. The molecule has 144 valence electrons. The lowest BCUT2D eigenvalue weighted by atomic mass is 10.1. The van der Waals surface area contributed by atoms with Crippen LogP contribution in [0.1, 0.15) is 22.8 Å². The average Bonchev–Trinajstić information content (AvgIpc) is 2.64. The first-order valence-electron chi connectivity index (χ1n) is 7.83. The predicted octanol–water partition coefficient (Wildman–Crippen LogP) is 2.82. The second-order valence-electron chi connectivity index (χ2n) is 5.62. The van der Waals surface area contributed by atoms with Gasteiger partial charge in [0, 0.05) is 18.1 Å². The summed E-state index contributed by atoms with van der Waals surface area (Å²) >= 11 is 5.94. The van der Waals surface area contributed by atoms with E-state index in [4.69, 9.17) is 11.6 Å². The number of aliphatic hydroxyl groups excluding tert-OH is 1. The van der Waals surface area contributed by atoms with Gasteiger partial charge in [-0.05, 0) is 29.3 Å². The maximum atomic E-state index is 12.5. The summed E-state index contributed by atoms with van der Waals surface area (Å²) in [5.41, 5.74) is -0.0358. The van der Waals surface area contributed by atoms with Crippen molar-refractivity contribution in [3.05, 3.63) is 70.2 Å². The third-order valence-electron chi connectivity index (χ3n) is 3.68. The van der Waals surface area contributed by atoms with Gasteiger partial charge in [0.25, 0.3) is 0 Å². The average molecular weight is 401 g/mol. The van der Waals surface area contributed by atoms with E-state index < -0.39 is 29.7 Å². The highest BCUT2D eigenvalue weighted by Gasteiger charge is 2.30. The molecule has 0 radical (unpaired) electrons. The highest BCUT2D eigenvalue weighted by Crippen LogP contribution is 2.29. The Bertz CT molecular complexity index is 810. The smallest absolute Gasteiger partial charge is 0.387 e. The molecule has 0 unspecified atom stereocenters. The van der Waals surface area contributed by atoms with E-state index in [1.54, 1.807) is 24.3 Å². The van der Waals surface area contributed by atoms with Crippen LogP contribution in [0, 0.1) is 0 Å². The quantitative estimate of drug-likeness (QED) is 0.675. The zero-order valence-corrected chi connectivity index (χ0v) is 14.6. The van der Waals surface area contributed by atoms with Crippen molar-refractivity contribution < 1.29 is 27.9 Å². The van der Waals surface area contributed by atoms with Crippen molar-refractivity contribution in [3.63, 3.8) is 0 Å². The van der Waals surface area contributed by atoms with E-state index in [2.05, 4.69) is 10.6 Å². The number of benzene rings is 2. The van der Waals surface area contributed by atoms with E-state index in [1.807, 2.05) is 0 Å². The number of amides is 2. The number of nitrogens with one attached hydrogen (secondary N) is 2. The molecule has 0 heterocycles. The molecule has 27 heavy (non-hydrogen) atoms. The van der Waals surface area contributed by atoms with Gasteiger partial charge in [0.2, 0.25) is 0 Å². The highest BCUT2D eigenvalue weighted by atomic mass is 35.5. The minimum Gasteiger partial charge on any atom is -0.387 e. The maximum absolute atomic E-state index is 12.5. The van der Waals surface area contributed by atoms with Gasteiger partial charge in [0.1, 0.15) is 0 Å². The molecule has 0 bridgehead atoms. The molecule has 0 saturated carbocycles. The normalized spacial score (nSPS) is 12.3. The SMILES string of the molecule is O=C(NCc1ccccc1Cl)C(=O)NC[C@@H](O)c1ccc(C(F)(F)F)cc1. The number of rotatable bonds is 5.